The lowest BCUT2D eigenvalue weighted by Gasteiger charge is -2.09. The van der Waals surface area contributed by atoms with Gasteiger partial charge in [0.05, 0.1) is 0 Å². The molecule has 0 aliphatic carbocycles. The minimum Gasteiger partial charge on any atom is -0.473 e. The molecule has 96 valence electrons. The number of carbonyl (C=O) groups excluding carboxylic acids is 1. The molecule has 4 nitrogen and oxygen atoms in total. The van der Waals surface area contributed by atoms with E-state index in [0.717, 1.165) is 11.1 Å². The Balaban J connectivity index is 2.41. The minimum atomic E-state index is -1.61. The van der Waals surface area contributed by atoms with Crippen molar-refractivity contribution >= 4 is 11.9 Å². The summed E-state index contributed by atoms with van der Waals surface area (Å²) in [6.07, 6.45) is 0. The highest BCUT2D eigenvalue weighted by atomic mass is 16.6. The summed E-state index contributed by atoms with van der Waals surface area (Å²) in [4.78, 5) is 21.7. The van der Waals surface area contributed by atoms with Crippen molar-refractivity contribution in [1.82, 2.24) is 0 Å². The summed E-state index contributed by atoms with van der Waals surface area (Å²) in [6.45, 7) is 1.95. The van der Waals surface area contributed by atoms with E-state index < -0.39 is 11.9 Å². The lowest BCUT2D eigenvalue weighted by molar-refractivity contribution is -0.158. The molecule has 0 saturated heterocycles. The van der Waals surface area contributed by atoms with Crippen molar-refractivity contribution in [3.63, 3.8) is 0 Å². The lowest BCUT2D eigenvalue weighted by atomic mass is 10.0. The quantitative estimate of drug-likeness (QED) is 0.509. The van der Waals surface area contributed by atoms with Crippen molar-refractivity contribution in [2.24, 2.45) is 0 Å². The maximum absolute atomic E-state index is 11.1. The number of rotatable bonds is 2. The van der Waals surface area contributed by atoms with E-state index in [9.17, 15) is 9.59 Å². The van der Waals surface area contributed by atoms with Crippen LogP contribution in [0.2, 0.25) is 0 Å². The Morgan fingerprint density at radius 3 is 2.47 bits per heavy atom. The number of carbonyl (C=O) groups is 2. The van der Waals surface area contributed by atoms with Gasteiger partial charge in [-0.25, -0.2) is 9.59 Å². The van der Waals surface area contributed by atoms with Crippen LogP contribution < -0.4 is 4.74 Å². The van der Waals surface area contributed by atoms with Gasteiger partial charge in [-0.05, 0) is 18.6 Å². The summed E-state index contributed by atoms with van der Waals surface area (Å²) < 4.78 is 4.86. The normalized spacial score (nSPS) is 9.95. The van der Waals surface area contributed by atoms with Crippen molar-refractivity contribution in [2.45, 2.75) is 6.92 Å². The highest BCUT2D eigenvalue weighted by molar-refractivity contribution is 6.29. The summed E-state index contributed by atoms with van der Waals surface area (Å²) in [6, 6.07) is 14.5. The number of esters is 1. The molecule has 0 aliphatic heterocycles. The standard InChI is InChI=1S/C15H12O4/c1-10-5-4-6-11(9-10)12-7-2-3-8-13(12)19-15(18)14(16)17/h2-9H,1H3,(H,16,17). The number of carboxylic acid groups (broad SMARTS) is 1. The third kappa shape index (κ3) is 2.98. The highest BCUT2D eigenvalue weighted by Gasteiger charge is 2.16. The molecule has 0 bridgehead atoms. The summed E-state index contributed by atoms with van der Waals surface area (Å²) >= 11 is 0. The monoisotopic (exact) mass is 256 g/mol. The van der Waals surface area contributed by atoms with Gasteiger partial charge in [-0.1, -0.05) is 48.0 Å². The van der Waals surface area contributed by atoms with Crippen LogP contribution in [0, 0.1) is 6.92 Å². The summed E-state index contributed by atoms with van der Waals surface area (Å²) in [5.74, 6) is -2.67. The van der Waals surface area contributed by atoms with Crippen LogP contribution in [0.4, 0.5) is 0 Å². The molecule has 0 fully saturated rings. The molecule has 19 heavy (non-hydrogen) atoms. The van der Waals surface area contributed by atoms with Crippen molar-refractivity contribution in [1.29, 1.82) is 0 Å². The predicted molar refractivity (Wildman–Crippen MR) is 69.9 cm³/mol. The van der Waals surface area contributed by atoms with Crippen LogP contribution in [0.3, 0.4) is 0 Å². The second-order valence-electron chi connectivity index (χ2n) is 4.06. The van der Waals surface area contributed by atoms with Gasteiger partial charge in [-0.15, -0.1) is 0 Å². The molecule has 0 radical (unpaired) electrons. The predicted octanol–water partition coefficient (Wildman–Crippen LogP) is 2.65. The number of hydrogen-bond donors (Lipinski definition) is 1. The van der Waals surface area contributed by atoms with Crippen LogP contribution in [-0.4, -0.2) is 17.0 Å². The summed E-state index contributed by atoms with van der Waals surface area (Å²) in [7, 11) is 0. The number of aliphatic carboxylic acids is 1. The Labute approximate surface area is 110 Å². The number of benzene rings is 2. The molecule has 0 spiro atoms. The van der Waals surface area contributed by atoms with E-state index in [-0.39, 0.29) is 5.75 Å². The van der Waals surface area contributed by atoms with Crippen LogP contribution in [-0.2, 0) is 9.59 Å². The van der Waals surface area contributed by atoms with E-state index in [1.807, 2.05) is 31.2 Å². The Morgan fingerprint density at radius 2 is 1.79 bits per heavy atom. The van der Waals surface area contributed by atoms with E-state index in [4.69, 9.17) is 9.84 Å². The SMILES string of the molecule is Cc1cccc(-c2ccccc2OC(=O)C(=O)O)c1. The first-order chi connectivity index (χ1) is 9.08. The van der Waals surface area contributed by atoms with Crippen molar-refractivity contribution < 1.29 is 19.4 Å². The zero-order valence-electron chi connectivity index (χ0n) is 10.3. The molecule has 0 amide bonds. The molecule has 0 atom stereocenters. The second kappa shape index (κ2) is 5.35. The summed E-state index contributed by atoms with van der Waals surface area (Å²) in [5, 5.41) is 8.57. The van der Waals surface area contributed by atoms with Gasteiger partial charge >= 0.3 is 11.9 Å². The molecule has 1 N–H and O–H groups in total. The first-order valence-electron chi connectivity index (χ1n) is 5.69. The number of hydrogen-bond acceptors (Lipinski definition) is 3. The topological polar surface area (TPSA) is 63.6 Å². The molecular formula is C15H12O4. The van der Waals surface area contributed by atoms with Gasteiger partial charge in [0.2, 0.25) is 0 Å². The smallest absolute Gasteiger partial charge is 0.422 e. The molecule has 2 rings (SSSR count). The van der Waals surface area contributed by atoms with E-state index in [0.29, 0.717) is 5.56 Å². The third-order valence-corrected chi connectivity index (χ3v) is 2.59. The van der Waals surface area contributed by atoms with E-state index >= 15 is 0 Å². The molecule has 0 saturated carbocycles. The summed E-state index contributed by atoms with van der Waals surface area (Å²) in [5.41, 5.74) is 2.62. The van der Waals surface area contributed by atoms with Gasteiger partial charge in [0.15, 0.2) is 0 Å². The minimum absolute atomic E-state index is 0.237. The molecule has 0 aliphatic rings. The Kier molecular flexibility index (Phi) is 3.61. The molecule has 2 aromatic rings. The average molecular weight is 256 g/mol. The Hall–Kier alpha value is -2.62. The molecule has 0 heterocycles. The maximum Gasteiger partial charge on any atom is 0.422 e. The number of carboxylic acids is 1. The molecule has 4 heteroatoms. The zero-order chi connectivity index (χ0) is 13.8. The van der Waals surface area contributed by atoms with Gasteiger partial charge in [-0.2, -0.15) is 0 Å². The second-order valence-corrected chi connectivity index (χ2v) is 4.06. The van der Waals surface area contributed by atoms with Gasteiger partial charge in [-0.3, -0.25) is 0 Å². The zero-order valence-corrected chi connectivity index (χ0v) is 10.3. The van der Waals surface area contributed by atoms with E-state index in [1.54, 1.807) is 24.3 Å². The van der Waals surface area contributed by atoms with Gasteiger partial charge in [0.1, 0.15) is 5.75 Å². The van der Waals surface area contributed by atoms with Crippen LogP contribution in [0.15, 0.2) is 48.5 Å². The first-order valence-corrected chi connectivity index (χ1v) is 5.69. The molecule has 2 aromatic carbocycles. The Bertz CT molecular complexity index is 632. The molecule has 0 unspecified atom stereocenters. The van der Waals surface area contributed by atoms with E-state index in [1.165, 1.54) is 0 Å². The van der Waals surface area contributed by atoms with Crippen molar-refractivity contribution in [3.05, 3.63) is 54.1 Å². The van der Waals surface area contributed by atoms with Crippen LogP contribution in [0.1, 0.15) is 5.56 Å². The average Bonchev–Trinajstić information content (AvgIpc) is 2.39. The molecule has 0 aromatic heterocycles. The number of para-hydroxylation sites is 1. The third-order valence-electron chi connectivity index (χ3n) is 2.59. The first kappa shape index (κ1) is 12.8. The highest BCUT2D eigenvalue weighted by Crippen LogP contribution is 2.30. The van der Waals surface area contributed by atoms with Gasteiger partial charge in [0.25, 0.3) is 0 Å². The van der Waals surface area contributed by atoms with Gasteiger partial charge in [0, 0.05) is 5.56 Å². The van der Waals surface area contributed by atoms with Gasteiger partial charge < -0.3 is 9.84 Å². The fourth-order valence-electron chi connectivity index (χ4n) is 1.75. The lowest BCUT2D eigenvalue weighted by Crippen LogP contribution is -2.19. The van der Waals surface area contributed by atoms with E-state index in [2.05, 4.69) is 0 Å². The van der Waals surface area contributed by atoms with Crippen LogP contribution >= 0.6 is 0 Å². The maximum atomic E-state index is 11.1. The van der Waals surface area contributed by atoms with Crippen LogP contribution in [0.25, 0.3) is 11.1 Å². The van der Waals surface area contributed by atoms with Crippen molar-refractivity contribution in [2.75, 3.05) is 0 Å². The molecular weight excluding hydrogens is 244 g/mol. The largest absolute Gasteiger partial charge is 0.473 e. The Morgan fingerprint density at radius 1 is 1.05 bits per heavy atom. The number of ether oxygens (including phenoxy) is 1. The number of aryl methyl sites for hydroxylation is 1. The fraction of sp³-hybridized carbons (Fsp3) is 0.0667. The van der Waals surface area contributed by atoms with Crippen molar-refractivity contribution in [3.8, 4) is 16.9 Å². The van der Waals surface area contributed by atoms with Crippen LogP contribution in [0.5, 0.6) is 5.75 Å². The fourth-order valence-corrected chi connectivity index (χ4v) is 1.75.